The molecular formula is HMgNaO3Si. The van der Waals surface area contributed by atoms with E-state index in [2.05, 4.69) is 0 Å². The van der Waals surface area contributed by atoms with Crippen molar-refractivity contribution < 1.29 is 14.1 Å². The first-order valence-electron chi connectivity index (χ1n) is 0.612. The summed E-state index contributed by atoms with van der Waals surface area (Å²) in [5, 5.41) is 0. The van der Waals surface area contributed by atoms with Crippen molar-refractivity contribution in [2.24, 2.45) is 0 Å². The molecule has 0 heterocycles. The topological polar surface area (TPSA) is 63.2 Å². The molecular weight excluding hydrogens is 123 g/mol. The van der Waals surface area contributed by atoms with E-state index in [-0.39, 0.29) is 52.6 Å². The monoisotopic (exact) mass is 124 g/mol. The maximum atomic E-state index is 8.52. The molecule has 26 valence electrons. The zero-order chi connectivity index (χ0) is 3.58. The van der Waals surface area contributed by atoms with Crippen LogP contribution in [0.25, 0.3) is 0 Å². The summed E-state index contributed by atoms with van der Waals surface area (Å²) in [5.74, 6) is 0. The van der Waals surface area contributed by atoms with Crippen molar-refractivity contribution in [1.29, 1.82) is 0 Å². The summed E-state index contributed by atoms with van der Waals surface area (Å²) < 4.78 is 8.52. The summed E-state index contributed by atoms with van der Waals surface area (Å²) in [6, 6.07) is 0. The Morgan fingerprint density at radius 3 is 1.33 bits per heavy atom. The molecule has 0 saturated carbocycles. The van der Waals surface area contributed by atoms with Crippen molar-refractivity contribution in [2.75, 3.05) is 0 Å². The third kappa shape index (κ3) is 54.1. The minimum absolute atomic E-state index is 0. The molecule has 0 radical (unpaired) electrons. The van der Waals surface area contributed by atoms with Crippen LogP contribution in [0.3, 0.4) is 0 Å². The molecule has 0 N–H and O–H groups in total. The summed E-state index contributed by atoms with van der Waals surface area (Å²) in [6.07, 6.45) is 0. The molecule has 0 rings (SSSR count). The number of hydrogen-bond acceptors (Lipinski definition) is 3. The quantitative estimate of drug-likeness (QED) is 0.310. The van der Waals surface area contributed by atoms with Crippen molar-refractivity contribution in [3.05, 3.63) is 0 Å². The Hall–Kier alpha value is 1.38. The molecule has 0 saturated heterocycles. The Balaban J connectivity index is -0.0000000450. The second kappa shape index (κ2) is 9.63. The zero-order valence-corrected chi connectivity index (χ0v) is 4.85. The molecule has 6 heavy (non-hydrogen) atoms. The van der Waals surface area contributed by atoms with Crippen LogP contribution >= 0.6 is 0 Å². The van der Waals surface area contributed by atoms with E-state index in [1.54, 1.807) is 0 Å². The van der Waals surface area contributed by atoms with Gasteiger partial charge in [-0.3, -0.25) is 0 Å². The Morgan fingerprint density at radius 1 is 1.33 bits per heavy atom. The summed E-state index contributed by atoms with van der Waals surface area (Å²) >= 11 is 0. The van der Waals surface area contributed by atoms with Crippen molar-refractivity contribution in [1.82, 2.24) is 0 Å². The van der Waals surface area contributed by atoms with Gasteiger partial charge in [0.25, 0.3) is 0 Å². The summed E-state index contributed by atoms with van der Waals surface area (Å²) in [5.41, 5.74) is 0. The van der Waals surface area contributed by atoms with Gasteiger partial charge in [0.2, 0.25) is 0 Å². The third-order valence-electron chi connectivity index (χ3n) is 0. The van der Waals surface area contributed by atoms with Gasteiger partial charge in [-0.1, -0.05) is 0 Å². The van der Waals surface area contributed by atoms with E-state index in [0.717, 1.165) is 0 Å². The van der Waals surface area contributed by atoms with E-state index in [4.69, 9.17) is 14.1 Å². The van der Waals surface area contributed by atoms with Gasteiger partial charge in [0, 0.05) is 9.17 Å². The molecule has 0 aliphatic heterocycles. The van der Waals surface area contributed by atoms with E-state index in [1.165, 1.54) is 0 Å². The van der Waals surface area contributed by atoms with Crippen molar-refractivity contribution in [3.8, 4) is 0 Å². The second-order valence-electron chi connectivity index (χ2n) is 0.250. The maximum absolute atomic E-state index is 8.52. The fourth-order valence-electron chi connectivity index (χ4n) is 0. The average molecular weight is 124 g/mol. The Bertz CT molecular complexity index is 33.8. The fourth-order valence-corrected chi connectivity index (χ4v) is 0. The number of rotatable bonds is 0. The second-order valence-corrected chi connectivity index (χ2v) is 0.750. The predicted octanol–water partition coefficient (Wildman–Crippen LogP) is -3.91. The molecule has 0 aromatic rings. The molecule has 0 aromatic carbocycles. The van der Waals surface area contributed by atoms with Crippen molar-refractivity contribution in [2.45, 2.75) is 0 Å². The van der Waals surface area contributed by atoms with Crippen LogP contribution < -0.4 is 9.59 Å². The molecule has 6 heteroatoms. The van der Waals surface area contributed by atoms with Gasteiger partial charge >= 0.3 is 52.6 Å². The minimum atomic E-state index is -3.63. The zero-order valence-electron chi connectivity index (χ0n) is 2.43. The molecule has 0 bridgehead atoms. The molecule has 0 aliphatic rings. The van der Waals surface area contributed by atoms with Gasteiger partial charge in [0.1, 0.15) is 0 Å². The van der Waals surface area contributed by atoms with Crippen molar-refractivity contribution >= 4 is 61.8 Å². The fraction of sp³-hybridized carbons (Fsp3) is 0. The van der Waals surface area contributed by atoms with E-state index in [9.17, 15) is 0 Å². The van der Waals surface area contributed by atoms with Crippen LogP contribution in [-0.2, 0) is 4.46 Å². The molecule has 0 atom stereocenters. The van der Waals surface area contributed by atoms with Crippen LogP contribution in [0.15, 0.2) is 0 Å². The normalized spacial score (nSPS) is 4.00. The van der Waals surface area contributed by atoms with E-state index in [1.807, 2.05) is 0 Å². The van der Waals surface area contributed by atoms with Crippen LogP contribution in [0.2, 0.25) is 0 Å². The van der Waals surface area contributed by atoms with Gasteiger partial charge in [-0.2, -0.15) is 0 Å². The van der Waals surface area contributed by atoms with E-state index < -0.39 is 9.17 Å². The first-order chi connectivity index (χ1) is 1.73. The molecule has 0 spiro atoms. The van der Waals surface area contributed by atoms with Gasteiger partial charge in [0.15, 0.2) is 0 Å². The van der Waals surface area contributed by atoms with Crippen LogP contribution in [0, 0.1) is 0 Å². The molecule has 0 amide bonds. The standard InChI is InChI=1S/Mg.Na.O3Si.H/c;;1-4(2)3;/q+2;;-2;. The Labute approximate surface area is 75.1 Å². The van der Waals surface area contributed by atoms with Crippen molar-refractivity contribution in [3.63, 3.8) is 0 Å². The predicted molar refractivity (Wildman–Crippen MR) is 19.3 cm³/mol. The van der Waals surface area contributed by atoms with Crippen LogP contribution in [0.5, 0.6) is 0 Å². The number of hydrogen-bond donors (Lipinski definition) is 0. The summed E-state index contributed by atoms with van der Waals surface area (Å²) in [7, 11) is -3.63. The van der Waals surface area contributed by atoms with Gasteiger partial charge in [0.05, 0.1) is 0 Å². The van der Waals surface area contributed by atoms with Gasteiger partial charge in [-0.25, -0.2) is 0 Å². The third-order valence-corrected chi connectivity index (χ3v) is 0. The SMILES string of the molecule is O=[Si]([O-])[O-].[Mg+2].[NaH]. The summed E-state index contributed by atoms with van der Waals surface area (Å²) in [6.45, 7) is 0. The Kier molecular flexibility index (Phi) is 25.1. The summed E-state index contributed by atoms with van der Waals surface area (Å²) in [4.78, 5) is 17.0. The van der Waals surface area contributed by atoms with Crippen LogP contribution in [0.1, 0.15) is 0 Å². The Morgan fingerprint density at radius 2 is 1.33 bits per heavy atom. The first-order valence-corrected chi connectivity index (χ1v) is 1.84. The molecule has 0 aromatic heterocycles. The van der Waals surface area contributed by atoms with E-state index >= 15 is 0 Å². The first kappa shape index (κ1) is 15.7. The van der Waals surface area contributed by atoms with Gasteiger partial charge < -0.3 is 14.1 Å². The van der Waals surface area contributed by atoms with Crippen LogP contribution in [0.4, 0.5) is 0 Å². The average Bonchev–Trinajstić information content (AvgIpc) is 0.811. The van der Waals surface area contributed by atoms with E-state index in [0.29, 0.717) is 0 Å². The molecule has 0 unspecified atom stereocenters. The molecule has 0 fully saturated rings. The molecule has 0 aliphatic carbocycles. The molecule has 3 nitrogen and oxygen atoms in total. The van der Waals surface area contributed by atoms with Gasteiger partial charge in [-0.15, -0.1) is 0 Å². The van der Waals surface area contributed by atoms with Crippen LogP contribution in [-0.4, -0.2) is 61.8 Å². The van der Waals surface area contributed by atoms with Gasteiger partial charge in [-0.05, 0) is 0 Å².